The van der Waals surface area contributed by atoms with E-state index < -0.39 is 0 Å². The fourth-order valence-corrected chi connectivity index (χ4v) is 3.31. The number of rotatable bonds is 5. The van der Waals surface area contributed by atoms with Crippen LogP contribution >= 0.6 is 0 Å². The molecule has 0 radical (unpaired) electrons. The molecule has 3 heterocycles. The SMILES string of the molecule is COCc1ccc(C(=O)N2Cc3nnc(C)n3[C@@H](CC(C)C)C2)o1. The van der Waals surface area contributed by atoms with Gasteiger partial charge in [0, 0.05) is 13.7 Å². The molecule has 0 spiro atoms. The average molecular weight is 332 g/mol. The summed E-state index contributed by atoms with van der Waals surface area (Å²) in [4.78, 5) is 14.6. The Morgan fingerprint density at radius 1 is 1.42 bits per heavy atom. The Kier molecular flexibility index (Phi) is 4.71. The number of fused-ring (bicyclic) bond motifs is 1. The predicted molar refractivity (Wildman–Crippen MR) is 87.4 cm³/mol. The van der Waals surface area contributed by atoms with Crippen molar-refractivity contribution in [2.24, 2.45) is 5.92 Å². The number of ether oxygens (including phenoxy) is 1. The van der Waals surface area contributed by atoms with Crippen LogP contribution in [0.15, 0.2) is 16.5 Å². The van der Waals surface area contributed by atoms with Crippen molar-refractivity contribution in [1.82, 2.24) is 19.7 Å². The number of aryl methyl sites for hydroxylation is 1. The second-order valence-electron chi connectivity index (χ2n) is 6.70. The molecule has 0 N–H and O–H groups in total. The zero-order valence-electron chi connectivity index (χ0n) is 14.7. The van der Waals surface area contributed by atoms with Crippen LogP contribution in [0.3, 0.4) is 0 Å². The second-order valence-corrected chi connectivity index (χ2v) is 6.70. The van der Waals surface area contributed by atoms with Crippen molar-refractivity contribution in [2.45, 2.75) is 46.4 Å². The number of hydrogen-bond acceptors (Lipinski definition) is 5. The van der Waals surface area contributed by atoms with Crippen molar-refractivity contribution < 1.29 is 13.9 Å². The minimum atomic E-state index is -0.113. The van der Waals surface area contributed by atoms with E-state index in [2.05, 4.69) is 28.6 Å². The van der Waals surface area contributed by atoms with Gasteiger partial charge in [0.15, 0.2) is 11.6 Å². The monoisotopic (exact) mass is 332 g/mol. The number of nitrogens with zero attached hydrogens (tertiary/aromatic N) is 4. The Labute approximate surface area is 141 Å². The molecule has 1 aliphatic heterocycles. The lowest BCUT2D eigenvalue weighted by atomic mass is 10.0. The molecule has 0 aliphatic carbocycles. The first-order valence-corrected chi connectivity index (χ1v) is 8.27. The molecular weight excluding hydrogens is 308 g/mol. The van der Waals surface area contributed by atoms with E-state index in [-0.39, 0.29) is 11.9 Å². The summed E-state index contributed by atoms with van der Waals surface area (Å²) in [6, 6.07) is 3.68. The van der Waals surface area contributed by atoms with Gasteiger partial charge in [-0.3, -0.25) is 4.79 Å². The van der Waals surface area contributed by atoms with E-state index in [9.17, 15) is 4.79 Å². The van der Waals surface area contributed by atoms with Crippen molar-refractivity contribution in [1.29, 1.82) is 0 Å². The van der Waals surface area contributed by atoms with E-state index in [1.165, 1.54) is 0 Å². The number of furan rings is 1. The lowest BCUT2D eigenvalue weighted by Gasteiger charge is -2.34. The third kappa shape index (κ3) is 3.21. The Morgan fingerprint density at radius 3 is 2.92 bits per heavy atom. The minimum absolute atomic E-state index is 0.113. The molecule has 2 aromatic heterocycles. The van der Waals surface area contributed by atoms with Crippen molar-refractivity contribution in [3.8, 4) is 0 Å². The highest BCUT2D eigenvalue weighted by Crippen LogP contribution is 2.28. The van der Waals surface area contributed by atoms with Crippen LogP contribution in [0.2, 0.25) is 0 Å². The number of carbonyl (C=O) groups excluding carboxylic acids is 1. The Bertz CT molecular complexity index is 719. The minimum Gasteiger partial charge on any atom is -0.453 e. The summed E-state index contributed by atoms with van der Waals surface area (Å²) in [5.41, 5.74) is 0. The maximum Gasteiger partial charge on any atom is 0.290 e. The summed E-state index contributed by atoms with van der Waals surface area (Å²) >= 11 is 0. The number of aromatic nitrogens is 3. The second kappa shape index (κ2) is 6.76. The van der Waals surface area contributed by atoms with Gasteiger partial charge < -0.3 is 18.6 Å². The largest absolute Gasteiger partial charge is 0.453 e. The summed E-state index contributed by atoms with van der Waals surface area (Å²) < 4.78 is 12.8. The normalized spacial score (nSPS) is 17.4. The molecule has 0 unspecified atom stereocenters. The van der Waals surface area contributed by atoms with Gasteiger partial charge in [-0.1, -0.05) is 13.8 Å². The molecule has 24 heavy (non-hydrogen) atoms. The fraction of sp³-hybridized carbons (Fsp3) is 0.588. The lowest BCUT2D eigenvalue weighted by Crippen LogP contribution is -2.41. The van der Waals surface area contributed by atoms with E-state index in [1.54, 1.807) is 24.1 Å². The number of carbonyl (C=O) groups is 1. The van der Waals surface area contributed by atoms with Gasteiger partial charge >= 0.3 is 0 Å². The lowest BCUT2D eigenvalue weighted by molar-refractivity contribution is 0.0621. The van der Waals surface area contributed by atoms with Gasteiger partial charge in [0.1, 0.15) is 18.2 Å². The third-order valence-electron chi connectivity index (χ3n) is 4.26. The van der Waals surface area contributed by atoms with Gasteiger partial charge in [-0.2, -0.15) is 0 Å². The molecule has 0 saturated heterocycles. The van der Waals surface area contributed by atoms with E-state index in [4.69, 9.17) is 9.15 Å². The molecular formula is C17H24N4O3. The first kappa shape index (κ1) is 16.7. The van der Waals surface area contributed by atoms with Gasteiger partial charge in [0.2, 0.25) is 0 Å². The Hall–Kier alpha value is -2.15. The highest BCUT2D eigenvalue weighted by molar-refractivity contribution is 5.91. The van der Waals surface area contributed by atoms with Crippen LogP contribution in [0.5, 0.6) is 0 Å². The summed E-state index contributed by atoms with van der Waals surface area (Å²) in [5, 5.41) is 8.43. The van der Waals surface area contributed by atoms with Crippen molar-refractivity contribution in [3.63, 3.8) is 0 Å². The van der Waals surface area contributed by atoms with Gasteiger partial charge in [0.25, 0.3) is 5.91 Å². The maximum absolute atomic E-state index is 12.8. The average Bonchev–Trinajstić information content (AvgIpc) is 3.14. The van der Waals surface area contributed by atoms with Crippen LogP contribution in [0.25, 0.3) is 0 Å². The Morgan fingerprint density at radius 2 is 2.21 bits per heavy atom. The van der Waals surface area contributed by atoms with Crippen molar-refractivity contribution in [3.05, 3.63) is 35.3 Å². The number of hydrogen-bond donors (Lipinski definition) is 0. The molecule has 0 saturated carbocycles. The van der Waals surface area contributed by atoms with E-state index >= 15 is 0 Å². The molecule has 7 nitrogen and oxygen atoms in total. The van der Waals surface area contributed by atoms with E-state index in [1.807, 2.05) is 6.92 Å². The van der Waals surface area contributed by atoms with Crippen molar-refractivity contribution >= 4 is 5.91 Å². The molecule has 1 amide bonds. The molecule has 1 aliphatic rings. The molecule has 130 valence electrons. The summed E-state index contributed by atoms with van der Waals surface area (Å²) in [6.45, 7) is 7.78. The molecule has 3 rings (SSSR count). The standard InChI is InChI=1S/C17H24N4O3/c1-11(2)7-13-8-20(9-16-19-18-12(3)21(13)16)17(22)15-6-5-14(24-15)10-23-4/h5-6,11,13H,7-10H2,1-4H3/t13-/m0/s1. The van der Waals surface area contributed by atoms with Crippen LogP contribution in [-0.2, 0) is 17.9 Å². The zero-order chi connectivity index (χ0) is 17.3. The molecule has 0 bridgehead atoms. The van der Waals surface area contributed by atoms with Crippen molar-refractivity contribution in [2.75, 3.05) is 13.7 Å². The zero-order valence-corrected chi connectivity index (χ0v) is 14.7. The van der Waals surface area contributed by atoms with E-state index in [0.29, 0.717) is 37.1 Å². The molecule has 7 heteroatoms. The highest BCUT2D eigenvalue weighted by Gasteiger charge is 2.32. The molecule has 1 atom stereocenters. The number of amides is 1. The molecule has 0 aromatic carbocycles. The van der Waals surface area contributed by atoms with E-state index in [0.717, 1.165) is 18.1 Å². The first-order chi connectivity index (χ1) is 11.5. The first-order valence-electron chi connectivity index (χ1n) is 8.27. The topological polar surface area (TPSA) is 73.4 Å². The fourth-order valence-electron chi connectivity index (χ4n) is 3.31. The van der Waals surface area contributed by atoms with Crippen LogP contribution in [0, 0.1) is 12.8 Å². The predicted octanol–water partition coefficient (Wildman–Crippen LogP) is 2.57. The molecule has 0 fully saturated rings. The third-order valence-corrected chi connectivity index (χ3v) is 4.26. The van der Waals surface area contributed by atoms with Crippen LogP contribution in [-0.4, -0.2) is 39.2 Å². The van der Waals surface area contributed by atoms with Crippen LogP contribution in [0.1, 0.15) is 54.3 Å². The maximum atomic E-state index is 12.8. The smallest absolute Gasteiger partial charge is 0.290 e. The van der Waals surface area contributed by atoms with Gasteiger partial charge in [-0.05, 0) is 31.4 Å². The Balaban J connectivity index is 1.82. The van der Waals surface area contributed by atoms with Crippen LogP contribution in [0.4, 0.5) is 0 Å². The molecule has 2 aromatic rings. The van der Waals surface area contributed by atoms with Crippen LogP contribution < -0.4 is 0 Å². The van der Waals surface area contributed by atoms with Gasteiger partial charge in [-0.15, -0.1) is 10.2 Å². The summed E-state index contributed by atoms with van der Waals surface area (Å²) in [6.07, 6.45) is 0.975. The highest BCUT2D eigenvalue weighted by atomic mass is 16.5. The quantitative estimate of drug-likeness (QED) is 0.841. The summed E-state index contributed by atoms with van der Waals surface area (Å²) in [7, 11) is 1.60. The van der Waals surface area contributed by atoms with Gasteiger partial charge in [0.05, 0.1) is 12.6 Å². The van der Waals surface area contributed by atoms with Gasteiger partial charge in [-0.25, -0.2) is 0 Å². The number of methoxy groups -OCH3 is 1. The summed E-state index contributed by atoms with van der Waals surface area (Å²) in [5.74, 6) is 3.14.